The Morgan fingerprint density at radius 1 is 1.65 bits per heavy atom. The van der Waals surface area contributed by atoms with Gasteiger partial charge in [0.1, 0.15) is 17.1 Å². The molecule has 0 aliphatic heterocycles. The van der Waals surface area contributed by atoms with Crippen molar-refractivity contribution in [1.29, 1.82) is 5.26 Å². The molecule has 6 heteroatoms. The largest absolute Gasteiger partial charge is 0.383 e. The standard InChI is InChI=1S/C11H15N3O2S/c1-6-7(2)17-11(8(6)4-12)14-10(15)9(13)5-16-3/h9H,5,13H2,1-3H3,(H,14,15). The van der Waals surface area contributed by atoms with E-state index in [0.29, 0.717) is 10.6 Å². The Morgan fingerprint density at radius 3 is 2.82 bits per heavy atom. The fraction of sp³-hybridized carbons (Fsp3) is 0.455. The lowest BCUT2D eigenvalue weighted by Crippen LogP contribution is -2.39. The van der Waals surface area contributed by atoms with E-state index in [9.17, 15) is 4.79 Å². The van der Waals surface area contributed by atoms with Crippen LogP contribution in [0.1, 0.15) is 16.0 Å². The van der Waals surface area contributed by atoms with Crippen molar-refractivity contribution < 1.29 is 9.53 Å². The molecule has 5 nitrogen and oxygen atoms in total. The second kappa shape index (κ2) is 5.77. The molecule has 1 aromatic rings. The van der Waals surface area contributed by atoms with E-state index in [0.717, 1.165) is 10.4 Å². The number of nitrogens with zero attached hydrogens (tertiary/aromatic N) is 1. The number of carbonyl (C=O) groups excluding carboxylic acids is 1. The molecular formula is C11H15N3O2S. The van der Waals surface area contributed by atoms with Crippen LogP contribution in [0, 0.1) is 25.2 Å². The first-order valence-corrected chi connectivity index (χ1v) is 5.88. The number of methoxy groups -OCH3 is 1. The van der Waals surface area contributed by atoms with Crippen LogP contribution in [0.15, 0.2) is 0 Å². The Bertz CT molecular complexity index is 462. The van der Waals surface area contributed by atoms with Crippen molar-refractivity contribution in [1.82, 2.24) is 0 Å². The third-order valence-electron chi connectivity index (χ3n) is 2.42. The Morgan fingerprint density at radius 2 is 2.29 bits per heavy atom. The lowest BCUT2D eigenvalue weighted by molar-refractivity contribution is -0.118. The molecule has 0 saturated carbocycles. The minimum Gasteiger partial charge on any atom is -0.383 e. The summed E-state index contributed by atoms with van der Waals surface area (Å²) in [5.74, 6) is -0.343. The summed E-state index contributed by atoms with van der Waals surface area (Å²) in [6.45, 7) is 3.91. The molecule has 17 heavy (non-hydrogen) atoms. The first-order chi connectivity index (χ1) is 8.01. The number of anilines is 1. The van der Waals surface area contributed by atoms with Crippen LogP contribution in [0.25, 0.3) is 0 Å². The number of carbonyl (C=O) groups is 1. The molecule has 1 unspecified atom stereocenters. The number of nitrogens with one attached hydrogen (secondary N) is 1. The maximum Gasteiger partial charge on any atom is 0.244 e. The van der Waals surface area contributed by atoms with Crippen LogP contribution >= 0.6 is 11.3 Å². The first-order valence-electron chi connectivity index (χ1n) is 5.06. The normalized spacial score (nSPS) is 11.9. The Balaban J connectivity index is 2.86. The first kappa shape index (κ1) is 13.6. The van der Waals surface area contributed by atoms with E-state index >= 15 is 0 Å². The highest BCUT2D eigenvalue weighted by atomic mass is 32.1. The minimum atomic E-state index is -0.728. The highest BCUT2D eigenvalue weighted by Crippen LogP contribution is 2.31. The summed E-state index contributed by atoms with van der Waals surface area (Å²) in [6, 6.07) is 1.36. The van der Waals surface area contributed by atoms with Crippen molar-refractivity contribution in [2.75, 3.05) is 19.0 Å². The Hall–Kier alpha value is -1.42. The van der Waals surface area contributed by atoms with Crippen LogP contribution in [0.4, 0.5) is 5.00 Å². The van der Waals surface area contributed by atoms with Gasteiger partial charge in [0.05, 0.1) is 12.2 Å². The van der Waals surface area contributed by atoms with Gasteiger partial charge < -0.3 is 15.8 Å². The molecule has 1 heterocycles. The van der Waals surface area contributed by atoms with Crippen LogP contribution in [0.5, 0.6) is 0 Å². The summed E-state index contributed by atoms with van der Waals surface area (Å²) in [4.78, 5) is 12.7. The summed E-state index contributed by atoms with van der Waals surface area (Å²) in [6.07, 6.45) is 0. The smallest absolute Gasteiger partial charge is 0.244 e. The molecule has 0 aliphatic rings. The maximum absolute atomic E-state index is 11.7. The van der Waals surface area contributed by atoms with Crippen molar-refractivity contribution in [2.45, 2.75) is 19.9 Å². The summed E-state index contributed by atoms with van der Waals surface area (Å²) < 4.78 is 4.80. The number of ether oxygens (including phenoxy) is 1. The third kappa shape index (κ3) is 3.03. The van der Waals surface area contributed by atoms with E-state index in [1.165, 1.54) is 18.4 Å². The average molecular weight is 253 g/mol. The van der Waals surface area contributed by atoms with Gasteiger partial charge in [-0.15, -0.1) is 11.3 Å². The van der Waals surface area contributed by atoms with E-state index in [1.54, 1.807) is 0 Å². The van der Waals surface area contributed by atoms with Crippen LogP contribution in [-0.4, -0.2) is 25.7 Å². The number of amides is 1. The third-order valence-corrected chi connectivity index (χ3v) is 3.54. The second-order valence-corrected chi connectivity index (χ2v) is 4.88. The van der Waals surface area contributed by atoms with E-state index in [4.69, 9.17) is 15.7 Å². The fourth-order valence-corrected chi connectivity index (χ4v) is 2.32. The average Bonchev–Trinajstić information content (AvgIpc) is 2.54. The van der Waals surface area contributed by atoms with E-state index < -0.39 is 6.04 Å². The van der Waals surface area contributed by atoms with Gasteiger partial charge in [0.15, 0.2) is 0 Å². The van der Waals surface area contributed by atoms with E-state index in [-0.39, 0.29) is 12.5 Å². The molecule has 1 rings (SSSR count). The molecule has 0 bridgehead atoms. The van der Waals surface area contributed by atoms with Crippen molar-refractivity contribution in [3.05, 3.63) is 16.0 Å². The van der Waals surface area contributed by atoms with Crippen LogP contribution < -0.4 is 11.1 Å². The van der Waals surface area contributed by atoms with Gasteiger partial charge in [-0.2, -0.15) is 5.26 Å². The lowest BCUT2D eigenvalue weighted by Gasteiger charge is -2.10. The summed E-state index contributed by atoms with van der Waals surface area (Å²) in [5.41, 5.74) is 7.00. The zero-order chi connectivity index (χ0) is 13.0. The highest BCUT2D eigenvalue weighted by molar-refractivity contribution is 7.16. The topological polar surface area (TPSA) is 88.1 Å². The fourth-order valence-electron chi connectivity index (χ4n) is 1.31. The molecule has 1 atom stereocenters. The van der Waals surface area contributed by atoms with E-state index in [2.05, 4.69) is 11.4 Å². The number of nitriles is 1. The molecule has 0 aliphatic carbocycles. The molecule has 1 amide bonds. The molecule has 3 N–H and O–H groups in total. The zero-order valence-corrected chi connectivity index (χ0v) is 10.9. The Labute approximate surface area is 104 Å². The summed E-state index contributed by atoms with van der Waals surface area (Å²) in [7, 11) is 1.48. The van der Waals surface area contributed by atoms with Gasteiger partial charge in [0.2, 0.25) is 5.91 Å². The SMILES string of the molecule is COCC(N)C(=O)Nc1sc(C)c(C)c1C#N. The van der Waals surface area contributed by atoms with Crippen molar-refractivity contribution >= 4 is 22.2 Å². The predicted octanol–water partition coefficient (Wildman–Crippen LogP) is 1.15. The van der Waals surface area contributed by atoms with Crippen molar-refractivity contribution in [2.24, 2.45) is 5.73 Å². The monoisotopic (exact) mass is 253 g/mol. The lowest BCUT2D eigenvalue weighted by atomic mass is 10.2. The number of nitrogens with two attached hydrogens (primary N) is 1. The molecule has 0 spiro atoms. The number of rotatable bonds is 4. The summed E-state index contributed by atoms with van der Waals surface area (Å²) >= 11 is 1.38. The van der Waals surface area contributed by atoms with Crippen LogP contribution in [0.2, 0.25) is 0 Å². The highest BCUT2D eigenvalue weighted by Gasteiger charge is 2.18. The maximum atomic E-state index is 11.7. The van der Waals surface area contributed by atoms with Gasteiger partial charge in [-0.3, -0.25) is 4.79 Å². The van der Waals surface area contributed by atoms with Crippen molar-refractivity contribution in [3.8, 4) is 6.07 Å². The quantitative estimate of drug-likeness (QED) is 0.842. The minimum absolute atomic E-state index is 0.150. The molecule has 0 fully saturated rings. The van der Waals surface area contributed by atoms with Gasteiger partial charge in [-0.25, -0.2) is 0 Å². The van der Waals surface area contributed by atoms with Gasteiger partial charge in [-0.05, 0) is 19.4 Å². The van der Waals surface area contributed by atoms with Crippen molar-refractivity contribution in [3.63, 3.8) is 0 Å². The number of aryl methyl sites for hydroxylation is 1. The van der Waals surface area contributed by atoms with Crippen LogP contribution in [-0.2, 0) is 9.53 Å². The summed E-state index contributed by atoms with van der Waals surface area (Å²) in [5, 5.41) is 12.2. The zero-order valence-electron chi connectivity index (χ0n) is 10.0. The van der Waals surface area contributed by atoms with Gasteiger partial charge in [0.25, 0.3) is 0 Å². The number of thiophene rings is 1. The predicted molar refractivity (Wildman–Crippen MR) is 67.0 cm³/mol. The van der Waals surface area contributed by atoms with Gasteiger partial charge in [-0.1, -0.05) is 0 Å². The number of hydrogen-bond acceptors (Lipinski definition) is 5. The molecule has 0 saturated heterocycles. The molecular weight excluding hydrogens is 238 g/mol. The van der Waals surface area contributed by atoms with Crippen LogP contribution in [0.3, 0.4) is 0 Å². The van der Waals surface area contributed by atoms with Gasteiger partial charge in [0, 0.05) is 12.0 Å². The molecule has 0 radical (unpaired) electrons. The molecule has 1 aromatic heterocycles. The van der Waals surface area contributed by atoms with E-state index in [1.807, 2.05) is 13.8 Å². The molecule has 92 valence electrons. The Kier molecular flexibility index (Phi) is 4.63. The number of hydrogen-bond donors (Lipinski definition) is 2. The second-order valence-electron chi connectivity index (χ2n) is 3.65. The van der Waals surface area contributed by atoms with Gasteiger partial charge >= 0.3 is 0 Å². The molecule has 0 aromatic carbocycles.